The maximum atomic E-state index is 13.4. The summed E-state index contributed by atoms with van der Waals surface area (Å²) >= 11 is 5.72. The summed E-state index contributed by atoms with van der Waals surface area (Å²) in [5.41, 5.74) is 0.108. The second-order valence-electron chi connectivity index (χ2n) is 4.06. The summed E-state index contributed by atoms with van der Waals surface area (Å²) < 4.78 is 35.9. The van der Waals surface area contributed by atoms with Crippen LogP contribution < -0.4 is 0 Å². The second kappa shape index (κ2) is 6.50. The minimum absolute atomic E-state index is 0.00272. The molecule has 0 bridgehead atoms. The molecule has 0 aliphatic carbocycles. The van der Waals surface area contributed by atoms with Gasteiger partial charge < -0.3 is 5.11 Å². The van der Waals surface area contributed by atoms with E-state index in [-0.39, 0.29) is 23.5 Å². The molecule has 18 heavy (non-hydrogen) atoms. The van der Waals surface area contributed by atoms with Crippen LogP contribution in [0.15, 0.2) is 18.2 Å². The highest BCUT2D eigenvalue weighted by Gasteiger charge is 2.15. The summed E-state index contributed by atoms with van der Waals surface area (Å²) in [7, 11) is -3.05. The number of hydrogen-bond donors (Lipinski definition) is 1. The minimum Gasteiger partial charge on any atom is -0.388 e. The van der Waals surface area contributed by atoms with Crippen LogP contribution in [0.4, 0.5) is 4.39 Å². The van der Waals surface area contributed by atoms with Gasteiger partial charge in [-0.05, 0) is 31.0 Å². The molecule has 0 aromatic heterocycles. The van der Waals surface area contributed by atoms with E-state index < -0.39 is 21.8 Å². The summed E-state index contributed by atoms with van der Waals surface area (Å²) in [4.78, 5) is 0. The van der Waals surface area contributed by atoms with E-state index in [4.69, 9.17) is 11.6 Å². The lowest BCUT2D eigenvalue weighted by Crippen LogP contribution is -2.10. The summed E-state index contributed by atoms with van der Waals surface area (Å²) in [6.45, 7) is 1.57. The van der Waals surface area contributed by atoms with Crippen molar-refractivity contribution in [1.82, 2.24) is 0 Å². The van der Waals surface area contributed by atoms with Gasteiger partial charge in [0.15, 0.2) is 0 Å². The second-order valence-corrected chi connectivity index (χ2v) is 6.97. The average molecular weight is 295 g/mol. The number of halogens is 2. The molecule has 1 aromatic rings. The molecule has 102 valence electrons. The Kier molecular flexibility index (Phi) is 5.56. The number of aliphatic hydroxyl groups is 1. The van der Waals surface area contributed by atoms with Crippen LogP contribution in [0.3, 0.4) is 0 Å². The number of sulfone groups is 1. The van der Waals surface area contributed by atoms with E-state index in [0.29, 0.717) is 11.4 Å². The number of benzene rings is 1. The van der Waals surface area contributed by atoms with Crippen molar-refractivity contribution in [2.45, 2.75) is 25.9 Å². The first-order valence-electron chi connectivity index (χ1n) is 5.69. The zero-order chi connectivity index (χ0) is 13.8. The summed E-state index contributed by atoms with van der Waals surface area (Å²) in [6.07, 6.45) is -0.546. The van der Waals surface area contributed by atoms with Gasteiger partial charge in [0.2, 0.25) is 0 Å². The number of aliphatic hydroxyl groups excluding tert-OH is 1. The van der Waals surface area contributed by atoms with Crippen molar-refractivity contribution in [2.24, 2.45) is 0 Å². The first kappa shape index (κ1) is 15.4. The van der Waals surface area contributed by atoms with E-state index in [1.807, 2.05) is 0 Å². The first-order chi connectivity index (χ1) is 8.35. The van der Waals surface area contributed by atoms with Crippen molar-refractivity contribution in [3.63, 3.8) is 0 Å². The van der Waals surface area contributed by atoms with Gasteiger partial charge in [0, 0.05) is 16.3 Å². The largest absolute Gasteiger partial charge is 0.388 e. The lowest BCUT2D eigenvalue weighted by Gasteiger charge is -2.12. The zero-order valence-corrected chi connectivity index (χ0v) is 11.6. The Balaban J connectivity index is 2.61. The third-order valence-electron chi connectivity index (χ3n) is 2.69. The molecule has 1 aromatic carbocycles. The van der Waals surface area contributed by atoms with Gasteiger partial charge >= 0.3 is 0 Å². The minimum atomic E-state index is -3.05. The predicted molar refractivity (Wildman–Crippen MR) is 69.9 cm³/mol. The fraction of sp³-hybridized carbons (Fsp3) is 0.500. The molecular formula is C12H16ClFO3S. The molecule has 0 aliphatic heterocycles. The quantitative estimate of drug-likeness (QED) is 0.878. The van der Waals surface area contributed by atoms with Crippen molar-refractivity contribution in [2.75, 3.05) is 11.5 Å². The summed E-state index contributed by atoms with van der Waals surface area (Å²) in [6, 6.07) is 3.94. The maximum Gasteiger partial charge on any atom is 0.150 e. The Morgan fingerprint density at radius 1 is 1.44 bits per heavy atom. The van der Waals surface area contributed by atoms with Crippen LogP contribution in [0, 0.1) is 5.82 Å². The van der Waals surface area contributed by atoms with Crippen LogP contribution in [0.25, 0.3) is 0 Å². The predicted octanol–water partition coefficient (Wildman–Crippen LogP) is 2.73. The Morgan fingerprint density at radius 3 is 2.72 bits per heavy atom. The highest BCUT2D eigenvalue weighted by molar-refractivity contribution is 7.91. The van der Waals surface area contributed by atoms with Crippen LogP contribution in [-0.4, -0.2) is 25.0 Å². The van der Waals surface area contributed by atoms with Gasteiger partial charge in [-0.25, -0.2) is 12.8 Å². The molecule has 0 radical (unpaired) electrons. The molecule has 1 unspecified atom stereocenters. The van der Waals surface area contributed by atoms with Crippen molar-refractivity contribution < 1.29 is 17.9 Å². The van der Waals surface area contributed by atoms with Gasteiger partial charge in [-0.2, -0.15) is 0 Å². The Morgan fingerprint density at radius 2 is 2.11 bits per heavy atom. The molecule has 0 aliphatic rings. The fourth-order valence-electron chi connectivity index (χ4n) is 1.57. The molecule has 0 saturated carbocycles. The van der Waals surface area contributed by atoms with E-state index in [0.717, 1.165) is 0 Å². The van der Waals surface area contributed by atoms with E-state index in [1.54, 1.807) is 6.92 Å². The van der Waals surface area contributed by atoms with Crippen LogP contribution >= 0.6 is 11.6 Å². The van der Waals surface area contributed by atoms with Crippen molar-refractivity contribution >= 4 is 21.4 Å². The topological polar surface area (TPSA) is 54.4 Å². The van der Waals surface area contributed by atoms with Gasteiger partial charge in [0.25, 0.3) is 0 Å². The van der Waals surface area contributed by atoms with E-state index in [1.165, 1.54) is 18.2 Å². The molecule has 0 heterocycles. The molecule has 3 nitrogen and oxygen atoms in total. The molecule has 0 amide bonds. The third-order valence-corrected chi connectivity index (χ3v) is 4.72. The van der Waals surface area contributed by atoms with Gasteiger partial charge in [0.05, 0.1) is 11.9 Å². The Bertz CT molecular complexity index is 502. The van der Waals surface area contributed by atoms with Crippen LogP contribution in [0.2, 0.25) is 5.02 Å². The van der Waals surface area contributed by atoms with Gasteiger partial charge in [0.1, 0.15) is 15.7 Å². The SMILES string of the molecule is CCS(=O)(=O)CCCC(O)c1cc(Cl)ccc1F. The average Bonchev–Trinajstić information content (AvgIpc) is 2.32. The zero-order valence-electron chi connectivity index (χ0n) is 10.1. The van der Waals surface area contributed by atoms with Crippen molar-refractivity contribution in [3.05, 3.63) is 34.6 Å². The first-order valence-corrected chi connectivity index (χ1v) is 7.89. The standard InChI is InChI=1S/C12H16ClFO3S/c1-2-18(16,17)7-3-4-12(15)10-8-9(13)5-6-11(10)14/h5-6,8,12,15H,2-4,7H2,1H3. The summed E-state index contributed by atoms with van der Waals surface area (Å²) in [5.74, 6) is -0.456. The molecule has 0 fully saturated rings. The fourth-order valence-corrected chi connectivity index (χ4v) is 2.64. The van der Waals surface area contributed by atoms with Gasteiger partial charge in [-0.3, -0.25) is 0 Å². The Labute approximate surface area is 112 Å². The van der Waals surface area contributed by atoms with Gasteiger partial charge in [-0.1, -0.05) is 18.5 Å². The van der Waals surface area contributed by atoms with Crippen molar-refractivity contribution in [3.8, 4) is 0 Å². The molecule has 6 heteroatoms. The Hall–Kier alpha value is -0.650. The third kappa shape index (κ3) is 4.55. The van der Waals surface area contributed by atoms with E-state index >= 15 is 0 Å². The molecular weight excluding hydrogens is 279 g/mol. The maximum absolute atomic E-state index is 13.4. The van der Waals surface area contributed by atoms with Crippen molar-refractivity contribution in [1.29, 1.82) is 0 Å². The summed E-state index contributed by atoms with van der Waals surface area (Å²) in [5, 5.41) is 10.1. The van der Waals surface area contributed by atoms with Crippen LogP contribution in [-0.2, 0) is 9.84 Å². The normalized spacial score (nSPS) is 13.6. The smallest absolute Gasteiger partial charge is 0.150 e. The molecule has 1 N–H and O–H groups in total. The highest BCUT2D eigenvalue weighted by Crippen LogP contribution is 2.24. The van der Waals surface area contributed by atoms with Crippen LogP contribution in [0.1, 0.15) is 31.4 Å². The van der Waals surface area contributed by atoms with Gasteiger partial charge in [-0.15, -0.1) is 0 Å². The number of hydrogen-bond acceptors (Lipinski definition) is 3. The number of rotatable bonds is 6. The van der Waals surface area contributed by atoms with Crippen LogP contribution in [0.5, 0.6) is 0 Å². The molecule has 0 spiro atoms. The van der Waals surface area contributed by atoms with E-state index in [2.05, 4.69) is 0 Å². The molecule has 0 saturated heterocycles. The molecule has 1 atom stereocenters. The highest BCUT2D eigenvalue weighted by atomic mass is 35.5. The lowest BCUT2D eigenvalue weighted by atomic mass is 10.0. The lowest BCUT2D eigenvalue weighted by molar-refractivity contribution is 0.162. The van der Waals surface area contributed by atoms with E-state index in [9.17, 15) is 17.9 Å². The molecule has 1 rings (SSSR count). The monoisotopic (exact) mass is 294 g/mol.